The Bertz CT molecular complexity index is 937. The molecule has 0 heterocycles. The predicted octanol–water partition coefficient (Wildman–Crippen LogP) is 5.80. The van der Waals surface area contributed by atoms with E-state index in [4.69, 9.17) is 5.73 Å². The Morgan fingerprint density at radius 3 is 2.39 bits per heavy atom. The number of hydrogen-bond donors (Lipinski definition) is 1. The van der Waals surface area contributed by atoms with E-state index in [1.165, 1.54) is 12.1 Å². The van der Waals surface area contributed by atoms with Gasteiger partial charge in [-0.1, -0.05) is 55.8 Å². The van der Waals surface area contributed by atoms with Gasteiger partial charge in [-0.3, -0.25) is 4.79 Å². The van der Waals surface area contributed by atoms with Crippen LogP contribution in [0.1, 0.15) is 31.7 Å². The summed E-state index contributed by atoms with van der Waals surface area (Å²) >= 11 is 0. The maximum atomic E-state index is 13.7. The molecule has 3 rings (SSSR count). The highest BCUT2D eigenvalue weighted by Crippen LogP contribution is 2.24. The molecule has 0 saturated carbocycles. The van der Waals surface area contributed by atoms with E-state index in [-0.39, 0.29) is 11.7 Å². The monoisotopic (exact) mass is 376 g/mol. The van der Waals surface area contributed by atoms with Crippen LogP contribution in [0.3, 0.4) is 0 Å². The molecule has 3 nitrogen and oxygen atoms in total. The minimum Gasteiger partial charge on any atom is -0.399 e. The lowest BCUT2D eigenvalue weighted by molar-refractivity contribution is -0.118. The summed E-state index contributed by atoms with van der Waals surface area (Å²) < 4.78 is 13.7. The molecule has 0 spiro atoms. The highest BCUT2D eigenvalue weighted by Gasteiger charge is 2.16. The predicted molar refractivity (Wildman–Crippen MR) is 113 cm³/mol. The van der Waals surface area contributed by atoms with Crippen LogP contribution in [0.25, 0.3) is 11.1 Å². The molecule has 1 amide bonds. The number of unbranched alkanes of at least 4 members (excludes halogenated alkanes) is 1. The fraction of sp³-hybridized carbons (Fsp3) is 0.208. The Labute approximate surface area is 165 Å². The summed E-state index contributed by atoms with van der Waals surface area (Å²) in [5, 5.41) is 0. The number of rotatable bonds is 7. The van der Waals surface area contributed by atoms with Crippen LogP contribution in [-0.2, 0) is 11.3 Å². The summed E-state index contributed by atoms with van der Waals surface area (Å²) in [4.78, 5) is 14.4. The highest BCUT2D eigenvalue weighted by atomic mass is 19.1. The second-order valence-corrected chi connectivity index (χ2v) is 6.89. The highest BCUT2D eigenvalue weighted by molar-refractivity contribution is 5.93. The molecule has 4 heteroatoms. The van der Waals surface area contributed by atoms with Crippen LogP contribution in [0.2, 0.25) is 0 Å². The fourth-order valence-corrected chi connectivity index (χ4v) is 3.13. The fourth-order valence-electron chi connectivity index (χ4n) is 3.13. The van der Waals surface area contributed by atoms with Crippen LogP contribution in [0.5, 0.6) is 0 Å². The van der Waals surface area contributed by atoms with Gasteiger partial charge in [-0.15, -0.1) is 0 Å². The van der Waals surface area contributed by atoms with Crippen molar-refractivity contribution in [1.29, 1.82) is 0 Å². The molecule has 0 bridgehead atoms. The number of benzene rings is 3. The zero-order chi connectivity index (χ0) is 19.9. The van der Waals surface area contributed by atoms with Gasteiger partial charge >= 0.3 is 0 Å². The van der Waals surface area contributed by atoms with Crippen molar-refractivity contribution >= 4 is 17.3 Å². The first kappa shape index (κ1) is 19.6. The molecule has 0 fully saturated rings. The Balaban J connectivity index is 1.83. The van der Waals surface area contributed by atoms with Gasteiger partial charge in [0.25, 0.3) is 0 Å². The minimum atomic E-state index is -0.345. The molecule has 2 N–H and O–H groups in total. The third kappa shape index (κ3) is 4.97. The zero-order valence-electron chi connectivity index (χ0n) is 16.1. The van der Waals surface area contributed by atoms with Crippen molar-refractivity contribution in [2.24, 2.45) is 0 Å². The number of carbonyl (C=O) groups is 1. The molecular formula is C24H25FN2O. The lowest BCUT2D eigenvalue weighted by atomic mass is 10.0. The molecule has 0 saturated heterocycles. The maximum Gasteiger partial charge on any atom is 0.227 e. The van der Waals surface area contributed by atoms with Gasteiger partial charge in [0, 0.05) is 17.8 Å². The van der Waals surface area contributed by atoms with Crippen molar-refractivity contribution in [3.05, 3.63) is 84.2 Å². The average Bonchev–Trinajstić information content (AvgIpc) is 2.70. The number of carbonyl (C=O) groups excluding carboxylic acids is 1. The quantitative estimate of drug-likeness (QED) is 0.530. The number of nitrogens with zero attached hydrogens (tertiary/aromatic N) is 1. The second-order valence-electron chi connectivity index (χ2n) is 6.89. The van der Waals surface area contributed by atoms with Crippen LogP contribution in [0.15, 0.2) is 72.8 Å². The van der Waals surface area contributed by atoms with Crippen molar-refractivity contribution in [3.63, 3.8) is 0 Å². The van der Waals surface area contributed by atoms with Crippen LogP contribution >= 0.6 is 0 Å². The first-order chi connectivity index (χ1) is 13.6. The van der Waals surface area contributed by atoms with E-state index in [9.17, 15) is 9.18 Å². The van der Waals surface area contributed by atoms with Crippen molar-refractivity contribution in [2.75, 3.05) is 10.6 Å². The van der Waals surface area contributed by atoms with E-state index < -0.39 is 0 Å². The Hall–Kier alpha value is -3.14. The van der Waals surface area contributed by atoms with E-state index in [0.717, 1.165) is 35.2 Å². The standard InChI is InChI=1S/C24H25FN2O/c1-2-3-10-24(28)27(23-9-5-7-21(25)16-23)17-18-11-13-19(14-12-18)20-6-4-8-22(26)15-20/h4-9,11-16H,2-3,10,17,26H2,1H3. The van der Waals surface area contributed by atoms with Gasteiger partial charge in [-0.25, -0.2) is 4.39 Å². The van der Waals surface area contributed by atoms with Crippen molar-refractivity contribution in [3.8, 4) is 11.1 Å². The summed E-state index contributed by atoms with van der Waals surface area (Å²) in [5.41, 5.74) is 10.3. The summed E-state index contributed by atoms with van der Waals surface area (Å²) in [6, 6.07) is 22.0. The summed E-state index contributed by atoms with van der Waals surface area (Å²) in [6.45, 7) is 2.46. The zero-order valence-corrected chi connectivity index (χ0v) is 16.1. The average molecular weight is 376 g/mol. The Morgan fingerprint density at radius 2 is 1.71 bits per heavy atom. The smallest absolute Gasteiger partial charge is 0.227 e. The van der Waals surface area contributed by atoms with Gasteiger partial charge in [0.15, 0.2) is 0 Å². The number of anilines is 2. The lowest BCUT2D eigenvalue weighted by Crippen LogP contribution is -2.30. The van der Waals surface area contributed by atoms with Crippen LogP contribution in [0.4, 0.5) is 15.8 Å². The number of amides is 1. The van der Waals surface area contributed by atoms with Gasteiger partial charge in [-0.2, -0.15) is 0 Å². The van der Waals surface area contributed by atoms with Crippen LogP contribution in [-0.4, -0.2) is 5.91 Å². The number of nitrogens with two attached hydrogens (primary N) is 1. The minimum absolute atomic E-state index is 0.00681. The van der Waals surface area contributed by atoms with Crippen LogP contribution in [0, 0.1) is 5.82 Å². The van der Waals surface area contributed by atoms with E-state index in [2.05, 4.69) is 6.92 Å². The first-order valence-corrected chi connectivity index (χ1v) is 9.57. The molecule has 0 aliphatic rings. The van der Waals surface area contributed by atoms with Gasteiger partial charge in [-0.05, 0) is 53.4 Å². The molecule has 0 aromatic heterocycles. The van der Waals surface area contributed by atoms with Gasteiger partial charge < -0.3 is 10.6 Å². The van der Waals surface area contributed by atoms with Gasteiger partial charge in [0.05, 0.1) is 6.54 Å². The second kappa shape index (κ2) is 9.18. The van der Waals surface area contributed by atoms with E-state index in [0.29, 0.717) is 18.7 Å². The molecule has 0 unspecified atom stereocenters. The SMILES string of the molecule is CCCCC(=O)N(Cc1ccc(-c2cccc(N)c2)cc1)c1cccc(F)c1. The Morgan fingerprint density at radius 1 is 0.964 bits per heavy atom. The molecule has 0 atom stereocenters. The third-order valence-electron chi connectivity index (χ3n) is 4.68. The van der Waals surface area contributed by atoms with Gasteiger partial charge in [0.1, 0.15) is 5.82 Å². The molecule has 28 heavy (non-hydrogen) atoms. The van der Waals surface area contributed by atoms with E-state index in [1.807, 2.05) is 48.5 Å². The third-order valence-corrected chi connectivity index (χ3v) is 4.68. The van der Waals surface area contributed by atoms with Crippen LogP contribution < -0.4 is 10.6 Å². The van der Waals surface area contributed by atoms with Crippen molar-refractivity contribution in [1.82, 2.24) is 0 Å². The summed E-state index contributed by atoms with van der Waals surface area (Å²) in [6.07, 6.45) is 2.21. The van der Waals surface area contributed by atoms with E-state index in [1.54, 1.807) is 17.0 Å². The molecular weight excluding hydrogens is 351 g/mol. The molecule has 3 aromatic rings. The van der Waals surface area contributed by atoms with E-state index >= 15 is 0 Å². The van der Waals surface area contributed by atoms with Crippen molar-refractivity contribution < 1.29 is 9.18 Å². The molecule has 0 radical (unpaired) electrons. The molecule has 3 aromatic carbocycles. The molecule has 144 valence electrons. The number of hydrogen-bond acceptors (Lipinski definition) is 2. The largest absolute Gasteiger partial charge is 0.399 e. The molecule has 0 aliphatic heterocycles. The lowest BCUT2D eigenvalue weighted by Gasteiger charge is -2.23. The van der Waals surface area contributed by atoms with Crippen molar-refractivity contribution in [2.45, 2.75) is 32.7 Å². The Kier molecular flexibility index (Phi) is 6.43. The summed E-state index contributed by atoms with van der Waals surface area (Å²) in [7, 11) is 0. The normalized spacial score (nSPS) is 10.6. The summed E-state index contributed by atoms with van der Waals surface area (Å²) in [5.74, 6) is -0.338. The topological polar surface area (TPSA) is 46.3 Å². The van der Waals surface area contributed by atoms with Gasteiger partial charge in [0.2, 0.25) is 5.91 Å². The maximum absolute atomic E-state index is 13.7. The number of halogens is 1. The number of nitrogen functional groups attached to an aromatic ring is 1. The first-order valence-electron chi connectivity index (χ1n) is 9.57. The molecule has 0 aliphatic carbocycles.